The van der Waals surface area contributed by atoms with E-state index in [0.29, 0.717) is 21.9 Å². The summed E-state index contributed by atoms with van der Waals surface area (Å²) in [5.74, 6) is -0.688. The van der Waals surface area contributed by atoms with Crippen LogP contribution in [-0.4, -0.2) is 29.8 Å². The molecule has 1 aromatic heterocycles. The molecule has 1 aliphatic rings. The summed E-state index contributed by atoms with van der Waals surface area (Å²) in [4.78, 5) is 38.8. The van der Waals surface area contributed by atoms with Crippen LogP contribution in [0.15, 0.2) is 60.0 Å². The molecular weight excluding hydrogens is 428 g/mol. The highest BCUT2D eigenvalue weighted by Crippen LogP contribution is 2.31. The first-order chi connectivity index (χ1) is 15.5. The van der Waals surface area contributed by atoms with Crippen LogP contribution >= 0.6 is 11.3 Å². The lowest BCUT2D eigenvalue weighted by atomic mass is 10.1. The number of amides is 2. The lowest BCUT2D eigenvalue weighted by Gasteiger charge is -2.28. The Morgan fingerprint density at radius 1 is 0.906 bits per heavy atom. The van der Waals surface area contributed by atoms with Gasteiger partial charge in [0.05, 0.1) is 9.80 Å². The molecule has 1 aliphatic heterocycles. The van der Waals surface area contributed by atoms with Crippen LogP contribution in [0.3, 0.4) is 0 Å². The number of piperidine rings is 1. The van der Waals surface area contributed by atoms with Crippen molar-refractivity contribution in [3.8, 4) is 0 Å². The van der Waals surface area contributed by atoms with Crippen LogP contribution in [0, 0.1) is 10.1 Å². The van der Waals surface area contributed by atoms with Crippen molar-refractivity contribution in [2.75, 3.05) is 28.6 Å². The monoisotopic (exact) mass is 450 g/mol. The van der Waals surface area contributed by atoms with Gasteiger partial charge < -0.3 is 15.5 Å². The van der Waals surface area contributed by atoms with Gasteiger partial charge in [-0.05, 0) is 61.0 Å². The molecule has 0 radical (unpaired) electrons. The van der Waals surface area contributed by atoms with Gasteiger partial charge in [-0.3, -0.25) is 19.7 Å². The molecule has 32 heavy (non-hydrogen) atoms. The fourth-order valence-electron chi connectivity index (χ4n) is 3.69. The summed E-state index contributed by atoms with van der Waals surface area (Å²) in [5.41, 5.74) is 1.68. The second-order valence-electron chi connectivity index (χ2n) is 7.47. The molecule has 1 saturated heterocycles. The van der Waals surface area contributed by atoms with Gasteiger partial charge in [-0.15, -0.1) is 11.3 Å². The van der Waals surface area contributed by atoms with Gasteiger partial charge in [-0.25, -0.2) is 0 Å². The molecule has 0 spiro atoms. The summed E-state index contributed by atoms with van der Waals surface area (Å²) in [7, 11) is 0. The summed E-state index contributed by atoms with van der Waals surface area (Å²) in [5, 5.41) is 19.0. The van der Waals surface area contributed by atoms with E-state index in [2.05, 4.69) is 10.6 Å². The number of nitrogens with one attached hydrogen (secondary N) is 2. The van der Waals surface area contributed by atoms with Crippen LogP contribution in [0.4, 0.5) is 22.7 Å². The van der Waals surface area contributed by atoms with Crippen molar-refractivity contribution in [1.82, 2.24) is 0 Å². The highest BCUT2D eigenvalue weighted by molar-refractivity contribution is 7.12. The van der Waals surface area contributed by atoms with Gasteiger partial charge >= 0.3 is 0 Å². The smallest absolute Gasteiger partial charge is 0.293 e. The maximum Gasteiger partial charge on any atom is 0.293 e. The summed E-state index contributed by atoms with van der Waals surface area (Å²) in [6, 6.07) is 14.9. The molecule has 8 nitrogen and oxygen atoms in total. The standard InChI is InChI=1S/C23H22N4O4S/c28-22(16-9-10-19(20(14-16)27(30)31)26-11-2-1-3-12-26)24-17-6-4-7-18(15-17)25-23(29)21-8-5-13-32-21/h4-10,13-15H,1-3,11-12H2,(H,24,28)(H,25,29). The van der Waals surface area contributed by atoms with Crippen LogP contribution in [0.1, 0.15) is 39.3 Å². The van der Waals surface area contributed by atoms with Crippen molar-refractivity contribution in [1.29, 1.82) is 0 Å². The number of nitro benzene ring substituents is 1. The molecule has 0 unspecified atom stereocenters. The number of thiophene rings is 1. The van der Waals surface area contributed by atoms with E-state index in [4.69, 9.17) is 0 Å². The van der Waals surface area contributed by atoms with Crippen LogP contribution < -0.4 is 15.5 Å². The average Bonchev–Trinajstić information content (AvgIpc) is 3.35. The number of carbonyl (C=O) groups excluding carboxylic acids is 2. The van der Waals surface area contributed by atoms with Crippen molar-refractivity contribution in [2.45, 2.75) is 19.3 Å². The molecule has 1 fully saturated rings. The zero-order chi connectivity index (χ0) is 22.5. The van der Waals surface area contributed by atoms with Crippen molar-refractivity contribution in [2.24, 2.45) is 0 Å². The molecule has 2 N–H and O–H groups in total. The van der Waals surface area contributed by atoms with Crippen molar-refractivity contribution >= 4 is 45.9 Å². The fraction of sp³-hybridized carbons (Fsp3) is 0.217. The second kappa shape index (κ2) is 9.61. The summed E-state index contributed by atoms with van der Waals surface area (Å²) in [6.45, 7) is 1.55. The number of hydrogen-bond donors (Lipinski definition) is 2. The quantitative estimate of drug-likeness (QED) is 0.399. The lowest BCUT2D eigenvalue weighted by Crippen LogP contribution is -2.30. The second-order valence-corrected chi connectivity index (χ2v) is 8.42. The topological polar surface area (TPSA) is 105 Å². The Kier molecular flexibility index (Phi) is 6.46. The minimum Gasteiger partial charge on any atom is -0.366 e. The van der Waals surface area contributed by atoms with Crippen LogP contribution in [0.2, 0.25) is 0 Å². The molecule has 2 amide bonds. The van der Waals surface area contributed by atoms with Gasteiger partial charge in [0.15, 0.2) is 0 Å². The van der Waals surface area contributed by atoms with Crippen molar-refractivity contribution < 1.29 is 14.5 Å². The van der Waals surface area contributed by atoms with Gasteiger partial charge in [-0.1, -0.05) is 12.1 Å². The molecule has 164 valence electrons. The zero-order valence-corrected chi connectivity index (χ0v) is 18.1. The Bertz CT molecular complexity index is 1140. The first kappa shape index (κ1) is 21.5. The summed E-state index contributed by atoms with van der Waals surface area (Å²) < 4.78 is 0. The van der Waals surface area contributed by atoms with E-state index < -0.39 is 10.8 Å². The van der Waals surface area contributed by atoms with Crippen LogP contribution in [0.25, 0.3) is 0 Å². The van der Waals surface area contributed by atoms with Crippen molar-refractivity contribution in [3.05, 3.63) is 80.5 Å². The summed E-state index contributed by atoms with van der Waals surface area (Å²) in [6.07, 6.45) is 3.12. The zero-order valence-electron chi connectivity index (χ0n) is 17.2. The van der Waals surface area contributed by atoms with E-state index >= 15 is 0 Å². The van der Waals surface area contributed by atoms with E-state index in [-0.39, 0.29) is 17.2 Å². The minimum absolute atomic E-state index is 0.0727. The Hall–Kier alpha value is -3.72. The van der Waals surface area contributed by atoms with E-state index in [9.17, 15) is 19.7 Å². The largest absolute Gasteiger partial charge is 0.366 e. The molecule has 3 aromatic rings. The Morgan fingerprint density at radius 2 is 1.62 bits per heavy atom. The van der Waals surface area contributed by atoms with E-state index in [1.807, 2.05) is 10.3 Å². The third kappa shape index (κ3) is 4.94. The highest BCUT2D eigenvalue weighted by atomic mass is 32.1. The fourth-order valence-corrected chi connectivity index (χ4v) is 4.31. The first-order valence-electron chi connectivity index (χ1n) is 10.3. The van der Waals surface area contributed by atoms with Gasteiger partial charge in [0.1, 0.15) is 5.69 Å². The van der Waals surface area contributed by atoms with Gasteiger partial charge in [0, 0.05) is 36.1 Å². The van der Waals surface area contributed by atoms with Gasteiger partial charge in [0.2, 0.25) is 0 Å². The SMILES string of the molecule is O=C(Nc1cccc(NC(=O)c2cccs2)c1)c1ccc(N2CCCCC2)c([N+](=O)[O-])c1. The van der Waals surface area contributed by atoms with Crippen LogP contribution in [0.5, 0.6) is 0 Å². The molecular formula is C23H22N4O4S. The van der Waals surface area contributed by atoms with E-state index in [0.717, 1.165) is 32.4 Å². The molecule has 0 saturated carbocycles. The third-order valence-corrected chi connectivity index (χ3v) is 6.12. The third-order valence-electron chi connectivity index (χ3n) is 5.25. The maximum atomic E-state index is 12.8. The molecule has 2 aromatic carbocycles. The Balaban J connectivity index is 1.49. The van der Waals surface area contributed by atoms with Gasteiger partial charge in [-0.2, -0.15) is 0 Å². The predicted molar refractivity (Wildman–Crippen MR) is 126 cm³/mol. The molecule has 2 heterocycles. The Morgan fingerprint density at radius 3 is 2.28 bits per heavy atom. The predicted octanol–water partition coefficient (Wildman–Crippen LogP) is 5.15. The molecule has 9 heteroatoms. The first-order valence-corrected chi connectivity index (χ1v) is 11.2. The minimum atomic E-state index is -0.458. The molecule has 4 rings (SSSR count). The number of nitro groups is 1. The Labute approximate surface area is 189 Å². The van der Waals surface area contributed by atoms with Crippen molar-refractivity contribution in [3.63, 3.8) is 0 Å². The highest BCUT2D eigenvalue weighted by Gasteiger charge is 2.23. The summed E-state index contributed by atoms with van der Waals surface area (Å²) >= 11 is 1.34. The lowest BCUT2D eigenvalue weighted by molar-refractivity contribution is -0.384. The molecule has 0 bridgehead atoms. The number of carbonyl (C=O) groups is 2. The normalized spacial score (nSPS) is 13.4. The van der Waals surface area contributed by atoms with Crippen LogP contribution in [-0.2, 0) is 0 Å². The average molecular weight is 451 g/mol. The number of nitrogens with zero attached hydrogens (tertiary/aromatic N) is 2. The van der Waals surface area contributed by atoms with Gasteiger partial charge in [0.25, 0.3) is 17.5 Å². The molecule has 0 aliphatic carbocycles. The van der Waals surface area contributed by atoms with E-state index in [1.54, 1.807) is 48.5 Å². The number of anilines is 3. The molecule has 0 atom stereocenters. The number of hydrogen-bond acceptors (Lipinski definition) is 6. The number of rotatable bonds is 6. The maximum absolute atomic E-state index is 12.8. The van der Waals surface area contributed by atoms with E-state index in [1.165, 1.54) is 17.4 Å². The number of benzene rings is 2.